The summed E-state index contributed by atoms with van der Waals surface area (Å²) in [6, 6.07) is 0. The fourth-order valence-electron chi connectivity index (χ4n) is 0.726. The molecular weight excluding hydrogens is 244 g/mol. The van der Waals surface area contributed by atoms with Crippen molar-refractivity contribution in [2.75, 3.05) is 32.9 Å². The molecule has 0 bridgehead atoms. The molecule has 0 saturated heterocycles. The van der Waals surface area contributed by atoms with Crippen molar-refractivity contribution in [1.29, 1.82) is 0 Å². The number of carbonyl (C=O) groups is 1. The molecule has 0 unspecified atom stereocenters. The summed E-state index contributed by atoms with van der Waals surface area (Å²) in [5.74, 6) is -0.397. The normalized spacial score (nSPS) is 10.4. The van der Waals surface area contributed by atoms with Gasteiger partial charge in [0.25, 0.3) is 0 Å². The molecule has 0 aromatic carbocycles. The Labute approximate surface area is 103 Å². The van der Waals surface area contributed by atoms with Gasteiger partial charge in [0.15, 0.2) is 0 Å². The number of nitrogens with one attached hydrogen (secondary N) is 2. The quantitative estimate of drug-likeness (QED) is 0.343. The van der Waals surface area contributed by atoms with Gasteiger partial charge in [0.1, 0.15) is 0 Å². The average molecular weight is 266 g/mol. The van der Waals surface area contributed by atoms with E-state index in [0.29, 0.717) is 0 Å². The fourth-order valence-corrected chi connectivity index (χ4v) is 0.726. The minimum absolute atomic E-state index is 0.0845. The van der Waals surface area contributed by atoms with E-state index in [1.54, 1.807) is 0 Å². The Morgan fingerprint density at radius 2 is 1.94 bits per heavy atom. The highest BCUT2D eigenvalue weighted by Gasteiger charge is 1.94. The number of quaternary nitrogens is 1. The SMILES string of the molecule is C=CC(=O)NCCC[NH+](C)C.CCS(=O)(=O)[O-]. The molecule has 102 valence electrons. The van der Waals surface area contributed by atoms with E-state index in [2.05, 4.69) is 26.0 Å². The van der Waals surface area contributed by atoms with Crippen LogP contribution in [0.4, 0.5) is 0 Å². The summed E-state index contributed by atoms with van der Waals surface area (Å²) < 4.78 is 28.3. The smallest absolute Gasteiger partial charge is 0.243 e. The van der Waals surface area contributed by atoms with Gasteiger partial charge in [-0.15, -0.1) is 0 Å². The third-order valence-electron chi connectivity index (χ3n) is 1.69. The summed E-state index contributed by atoms with van der Waals surface area (Å²) in [6.07, 6.45) is 2.31. The van der Waals surface area contributed by atoms with Crippen LogP contribution >= 0.6 is 0 Å². The lowest BCUT2D eigenvalue weighted by atomic mass is 10.4. The molecule has 0 saturated carbocycles. The number of hydrogen-bond donors (Lipinski definition) is 2. The molecule has 0 heterocycles. The Bertz CT molecular complexity index is 312. The second kappa shape index (κ2) is 10.2. The van der Waals surface area contributed by atoms with Gasteiger partial charge in [0.05, 0.1) is 30.8 Å². The van der Waals surface area contributed by atoms with Crippen molar-refractivity contribution in [1.82, 2.24) is 5.32 Å². The summed E-state index contributed by atoms with van der Waals surface area (Å²) in [7, 11) is 0.273. The molecule has 0 fully saturated rings. The van der Waals surface area contributed by atoms with Crippen molar-refractivity contribution in [2.45, 2.75) is 13.3 Å². The average Bonchev–Trinajstić information content (AvgIpc) is 2.23. The minimum Gasteiger partial charge on any atom is -0.748 e. The van der Waals surface area contributed by atoms with Gasteiger partial charge in [-0.2, -0.15) is 0 Å². The zero-order chi connectivity index (χ0) is 13.9. The maximum atomic E-state index is 10.6. The predicted molar refractivity (Wildman–Crippen MR) is 65.7 cm³/mol. The molecule has 17 heavy (non-hydrogen) atoms. The summed E-state index contributed by atoms with van der Waals surface area (Å²) >= 11 is 0. The summed E-state index contributed by atoms with van der Waals surface area (Å²) in [4.78, 5) is 12.0. The lowest BCUT2D eigenvalue weighted by molar-refractivity contribution is -0.858. The number of carbonyl (C=O) groups excluding carboxylic acids is 1. The molecule has 0 aliphatic carbocycles. The van der Waals surface area contributed by atoms with E-state index < -0.39 is 10.1 Å². The van der Waals surface area contributed by atoms with Gasteiger partial charge >= 0.3 is 0 Å². The van der Waals surface area contributed by atoms with Gasteiger partial charge in [-0.1, -0.05) is 13.5 Å². The standard InChI is InChI=1S/C8H16N2O.C2H6O3S/c1-4-8(11)9-6-5-7-10(2)3;1-2-6(3,4)5/h4H,1,5-7H2,2-3H3,(H,9,11);2H2,1H3,(H,3,4,5). The molecule has 6 nitrogen and oxygen atoms in total. The Morgan fingerprint density at radius 3 is 2.24 bits per heavy atom. The van der Waals surface area contributed by atoms with Gasteiger partial charge in [0.2, 0.25) is 5.91 Å². The van der Waals surface area contributed by atoms with Gasteiger partial charge < -0.3 is 14.8 Å². The van der Waals surface area contributed by atoms with E-state index in [1.165, 1.54) is 17.9 Å². The van der Waals surface area contributed by atoms with Crippen molar-refractivity contribution in [3.05, 3.63) is 12.7 Å². The molecule has 0 aromatic heterocycles. The van der Waals surface area contributed by atoms with Crippen LogP contribution < -0.4 is 10.2 Å². The van der Waals surface area contributed by atoms with Crippen LogP contribution in [0.25, 0.3) is 0 Å². The van der Waals surface area contributed by atoms with Gasteiger partial charge in [-0.05, 0) is 6.08 Å². The zero-order valence-corrected chi connectivity index (χ0v) is 11.5. The zero-order valence-electron chi connectivity index (χ0n) is 10.7. The van der Waals surface area contributed by atoms with Crippen LogP contribution in [0.2, 0.25) is 0 Å². The highest BCUT2D eigenvalue weighted by atomic mass is 32.2. The van der Waals surface area contributed by atoms with Gasteiger partial charge in [-0.25, -0.2) is 8.42 Å². The van der Waals surface area contributed by atoms with E-state index in [0.717, 1.165) is 19.5 Å². The second-order valence-corrected chi connectivity index (χ2v) is 5.34. The maximum absolute atomic E-state index is 10.6. The Hall–Kier alpha value is -0.920. The van der Waals surface area contributed by atoms with Crippen LogP contribution in [0.3, 0.4) is 0 Å². The number of amides is 1. The van der Waals surface area contributed by atoms with Crippen LogP contribution in [0, 0.1) is 0 Å². The van der Waals surface area contributed by atoms with E-state index in [9.17, 15) is 17.8 Å². The molecule has 2 N–H and O–H groups in total. The summed E-state index contributed by atoms with van der Waals surface area (Å²) in [5, 5.41) is 2.72. The molecule has 0 aromatic rings. The first-order valence-electron chi connectivity index (χ1n) is 5.35. The fraction of sp³-hybridized carbons (Fsp3) is 0.700. The highest BCUT2D eigenvalue weighted by Crippen LogP contribution is 1.74. The van der Waals surface area contributed by atoms with E-state index >= 15 is 0 Å². The van der Waals surface area contributed by atoms with Gasteiger partial charge in [0, 0.05) is 18.7 Å². The van der Waals surface area contributed by atoms with Crippen LogP contribution in [0.15, 0.2) is 12.7 Å². The third-order valence-corrected chi connectivity index (χ3v) is 2.40. The minimum atomic E-state index is -3.91. The molecule has 0 aliphatic heterocycles. The Kier molecular flexibility index (Phi) is 11.1. The number of hydrogen-bond acceptors (Lipinski definition) is 4. The van der Waals surface area contributed by atoms with Crippen LogP contribution in [0.5, 0.6) is 0 Å². The van der Waals surface area contributed by atoms with Crippen molar-refractivity contribution in [3.63, 3.8) is 0 Å². The van der Waals surface area contributed by atoms with Crippen LogP contribution in [-0.4, -0.2) is 51.8 Å². The van der Waals surface area contributed by atoms with E-state index in [-0.39, 0.29) is 11.7 Å². The van der Waals surface area contributed by atoms with Crippen LogP contribution in [-0.2, 0) is 14.9 Å². The van der Waals surface area contributed by atoms with Crippen LogP contribution in [0.1, 0.15) is 13.3 Å². The monoisotopic (exact) mass is 266 g/mol. The first kappa shape index (κ1) is 18.4. The molecule has 0 atom stereocenters. The highest BCUT2D eigenvalue weighted by molar-refractivity contribution is 7.85. The largest absolute Gasteiger partial charge is 0.748 e. The summed E-state index contributed by atoms with van der Waals surface area (Å²) in [6.45, 7) is 6.49. The third kappa shape index (κ3) is 21.0. The molecule has 0 spiro atoms. The lowest BCUT2D eigenvalue weighted by Crippen LogP contribution is -3.05. The van der Waals surface area contributed by atoms with E-state index in [4.69, 9.17) is 0 Å². The second-order valence-electron chi connectivity index (χ2n) is 3.65. The molecule has 0 radical (unpaired) electrons. The molecule has 0 aliphatic rings. The van der Waals surface area contributed by atoms with Gasteiger partial charge in [-0.3, -0.25) is 4.79 Å². The van der Waals surface area contributed by atoms with E-state index in [1.807, 2.05) is 0 Å². The van der Waals surface area contributed by atoms with Crippen molar-refractivity contribution in [2.24, 2.45) is 0 Å². The Morgan fingerprint density at radius 1 is 1.47 bits per heavy atom. The topological polar surface area (TPSA) is 90.7 Å². The van der Waals surface area contributed by atoms with Crippen molar-refractivity contribution >= 4 is 16.0 Å². The first-order valence-corrected chi connectivity index (χ1v) is 6.93. The lowest BCUT2D eigenvalue weighted by Gasteiger charge is -2.06. The molecular formula is C10H22N2O4S. The Balaban J connectivity index is 0. The maximum Gasteiger partial charge on any atom is 0.243 e. The number of rotatable bonds is 6. The predicted octanol–water partition coefficient (Wildman–Crippen LogP) is -1.63. The van der Waals surface area contributed by atoms with Crippen molar-refractivity contribution in [3.8, 4) is 0 Å². The summed E-state index contributed by atoms with van der Waals surface area (Å²) in [5.41, 5.74) is 0. The molecule has 1 amide bonds. The molecule has 7 heteroatoms. The molecule has 0 rings (SSSR count). The van der Waals surface area contributed by atoms with Crippen molar-refractivity contribution < 1.29 is 22.7 Å². The first-order chi connectivity index (χ1) is 7.72.